The quantitative estimate of drug-likeness (QED) is 0.757. The number of thiocarbonyl (C=S) groups is 1. The van der Waals surface area contributed by atoms with E-state index in [0.29, 0.717) is 22.9 Å². The van der Waals surface area contributed by atoms with E-state index in [4.69, 9.17) is 18.0 Å². The van der Waals surface area contributed by atoms with Crippen molar-refractivity contribution in [3.8, 4) is 0 Å². The molecule has 0 heterocycles. The summed E-state index contributed by atoms with van der Waals surface area (Å²) in [6, 6.07) is 0.304. The number of amides is 1. The first-order chi connectivity index (χ1) is 7.97. The number of rotatable bonds is 3. The van der Waals surface area contributed by atoms with Gasteiger partial charge in [0.25, 0.3) is 0 Å². The molecule has 3 nitrogen and oxygen atoms in total. The normalized spacial score (nSPS) is 35.1. The summed E-state index contributed by atoms with van der Waals surface area (Å²) >= 11 is 5.01. The minimum atomic E-state index is -0.504. The Morgan fingerprint density at radius 1 is 1.35 bits per heavy atom. The molecule has 2 saturated carbocycles. The average molecular weight is 254 g/mol. The summed E-state index contributed by atoms with van der Waals surface area (Å²) in [6.45, 7) is 4.50. The Bertz CT molecular complexity index is 338. The first-order valence-electron chi connectivity index (χ1n) is 6.58. The molecule has 0 radical (unpaired) electrons. The Labute approximate surface area is 109 Å². The molecule has 0 saturated heterocycles. The SMILES string of the molecule is CC1CCCC(NC(=O)C2(C(N)=S)CC2)C1C. The maximum Gasteiger partial charge on any atom is 0.233 e. The topological polar surface area (TPSA) is 55.1 Å². The lowest BCUT2D eigenvalue weighted by Crippen LogP contribution is -2.49. The molecule has 3 atom stereocenters. The van der Waals surface area contributed by atoms with Crippen LogP contribution in [0.1, 0.15) is 46.0 Å². The molecule has 0 aromatic heterocycles. The summed E-state index contributed by atoms with van der Waals surface area (Å²) in [4.78, 5) is 12.6. The van der Waals surface area contributed by atoms with E-state index in [9.17, 15) is 4.79 Å². The third-order valence-corrected chi connectivity index (χ3v) is 5.07. The highest BCUT2D eigenvalue weighted by Gasteiger charge is 2.53. The molecule has 2 aliphatic carbocycles. The molecule has 96 valence electrons. The zero-order valence-corrected chi connectivity index (χ0v) is 11.5. The van der Waals surface area contributed by atoms with E-state index in [2.05, 4.69) is 19.2 Å². The molecule has 4 heteroatoms. The van der Waals surface area contributed by atoms with Gasteiger partial charge in [-0.2, -0.15) is 0 Å². The van der Waals surface area contributed by atoms with Crippen molar-refractivity contribution in [3.63, 3.8) is 0 Å². The maximum absolute atomic E-state index is 12.2. The Hall–Kier alpha value is -0.640. The molecule has 0 aromatic carbocycles. The van der Waals surface area contributed by atoms with Crippen LogP contribution in [0.3, 0.4) is 0 Å². The zero-order chi connectivity index (χ0) is 12.6. The Morgan fingerprint density at radius 2 is 2.00 bits per heavy atom. The third-order valence-electron chi connectivity index (χ3n) is 4.68. The van der Waals surface area contributed by atoms with Crippen molar-refractivity contribution >= 4 is 23.1 Å². The van der Waals surface area contributed by atoms with E-state index in [1.165, 1.54) is 12.8 Å². The summed E-state index contributed by atoms with van der Waals surface area (Å²) in [5.74, 6) is 1.31. The number of carbonyl (C=O) groups excluding carboxylic acids is 1. The molecule has 0 aliphatic heterocycles. The van der Waals surface area contributed by atoms with Gasteiger partial charge in [0.1, 0.15) is 0 Å². The number of carbonyl (C=O) groups is 1. The molecule has 2 aliphatic rings. The summed E-state index contributed by atoms with van der Waals surface area (Å²) in [5.41, 5.74) is 5.17. The van der Waals surface area contributed by atoms with Crippen LogP contribution in [0.5, 0.6) is 0 Å². The first-order valence-corrected chi connectivity index (χ1v) is 6.99. The second-order valence-corrected chi connectivity index (χ2v) is 6.23. The fourth-order valence-corrected chi connectivity index (χ4v) is 3.10. The molecule has 1 amide bonds. The summed E-state index contributed by atoms with van der Waals surface area (Å²) < 4.78 is 0. The second-order valence-electron chi connectivity index (χ2n) is 5.79. The zero-order valence-electron chi connectivity index (χ0n) is 10.7. The van der Waals surface area contributed by atoms with Crippen LogP contribution in [-0.2, 0) is 4.79 Å². The van der Waals surface area contributed by atoms with Crippen molar-refractivity contribution in [2.75, 3.05) is 0 Å². The highest BCUT2D eigenvalue weighted by Crippen LogP contribution is 2.46. The summed E-state index contributed by atoms with van der Waals surface area (Å²) in [6.07, 6.45) is 5.21. The fraction of sp³-hybridized carbons (Fsp3) is 0.846. The van der Waals surface area contributed by atoms with Crippen LogP contribution in [0.25, 0.3) is 0 Å². The maximum atomic E-state index is 12.2. The minimum Gasteiger partial charge on any atom is -0.392 e. The van der Waals surface area contributed by atoms with E-state index < -0.39 is 5.41 Å². The van der Waals surface area contributed by atoms with Gasteiger partial charge in [0, 0.05) is 6.04 Å². The van der Waals surface area contributed by atoms with Crippen LogP contribution in [0.4, 0.5) is 0 Å². The monoisotopic (exact) mass is 254 g/mol. The van der Waals surface area contributed by atoms with Gasteiger partial charge < -0.3 is 11.1 Å². The molecule has 0 aromatic rings. The lowest BCUT2D eigenvalue weighted by molar-refractivity contribution is -0.125. The molecule has 3 N–H and O–H groups in total. The largest absolute Gasteiger partial charge is 0.392 e. The van der Waals surface area contributed by atoms with E-state index in [1.807, 2.05) is 0 Å². The number of hydrogen-bond donors (Lipinski definition) is 2. The van der Waals surface area contributed by atoms with Gasteiger partial charge in [-0.25, -0.2) is 0 Å². The van der Waals surface area contributed by atoms with Crippen LogP contribution in [0.2, 0.25) is 0 Å². The molecule has 3 unspecified atom stereocenters. The number of nitrogens with two attached hydrogens (primary N) is 1. The van der Waals surface area contributed by atoms with E-state index in [0.717, 1.165) is 19.3 Å². The highest BCUT2D eigenvalue weighted by atomic mass is 32.1. The number of hydrogen-bond acceptors (Lipinski definition) is 2. The molecule has 17 heavy (non-hydrogen) atoms. The summed E-state index contributed by atoms with van der Waals surface area (Å²) in [7, 11) is 0. The van der Waals surface area contributed by atoms with Crippen molar-refractivity contribution in [2.24, 2.45) is 23.0 Å². The van der Waals surface area contributed by atoms with Crippen molar-refractivity contribution in [3.05, 3.63) is 0 Å². The Balaban J connectivity index is 1.97. The van der Waals surface area contributed by atoms with Crippen LogP contribution in [0.15, 0.2) is 0 Å². The van der Waals surface area contributed by atoms with Gasteiger partial charge >= 0.3 is 0 Å². The highest BCUT2D eigenvalue weighted by molar-refractivity contribution is 7.80. The Kier molecular flexibility index (Phi) is 3.43. The van der Waals surface area contributed by atoms with Crippen molar-refractivity contribution in [1.82, 2.24) is 5.32 Å². The van der Waals surface area contributed by atoms with Gasteiger partial charge in [-0.05, 0) is 31.1 Å². The molecule has 0 bridgehead atoms. The van der Waals surface area contributed by atoms with Crippen molar-refractivity contribution in [2.45, 2.75) is 52.0 Å². The second kappa shape index (κ2) is 4.56. The Morgan fingerprint density at radius 3 is 2.53 bits per heavy atom. The van der Waals surface area contributed by atoms with Crippen molar-refractivity contribution < 1.29 is 4.79 Å². The lowest BCUT2D eigenvalue weighted by atomic mass is 9.78. The predicted octanol–water partition coefficient (Wildman–Crippen LogP) is 1.99. The summed E-state index contributed by atoms with van der Waals surface area (Å²) in [5, 5.41) is 3.18. The predicted molar refractivity (Wildman–Crippen MR) is 72.6 cm³/mol. The minimum absolute atomic E-state index is 0.0657. The standard InChI is InChI=1S/C13H22N2OS/c1-8-4-3-5-10(9(8)2)15-12(16)13(6-7-13)11(14)17/h8-10H,3-7H2,1-2H3,(H2,14,17)(H,15,16). The van der Waals surface area contributed by atoms with Gasteiger partial charge in [-0.15, -0.1) is 0 Å². The molecule has 2 fully saturated rings. The van der Waals surface area contributed by atoms with Gasteiger partial charge in [0.2, 0.25) is 5.91 Å². The van der Waals surface area contributed by atoms with E-state index in [1.54, 1.807) is 0 Å². The van der Waals surface area contributed by atoms with Gasteiger partial charge in [-0.3, -0.25) is 4.79 Å². The van der Waals surface area contributed by atoms with Crippen LogP contribution < -0.4 is 11.1 Å². The number of nitrogens with one attached hydrogen (secondary N) is 1. The average Bonchev–Trinajstić information content (AvgIpc) is 3.05. The van der Waals surface area contributed by atoms with Crippen molar-refractivity contribution in [1.29, 1.82) is 0 Å². The van der Waals surface area contributed by atoms with Crippen LogP contribution in [0, 0.1) is 17.3 Å². The van der Waals surface area contributed by atoms with Crippen LogP contribution in [-0.4, -0.2) is 16.9 Å². The van der Waals surface area contributed by atoms with Gasteiger partial charge in [0.15, 0.2) is 0 Å². The third kappa shape index (κ3) is 2.32. The van der Waals surface area contributed by atoms with E-state index >= 15 is 0 Å². The van der Waals surface area contributed by atoms with Gasteiger partial charge in [0.05, 0.1) is 10.4 Å². The molecular formula is C13H22N2OS. The first kappa shape index (κ1) is 12.8. The molecular weight excluding hydrogens is 232 g/mol. The fourth-order valence-electron chi connectivity index (χ4n) is 2.80. The smallest absolute Gasteiger partial charge is 0.233 e. The molecule has 0 spiro atoms. The van der Waals surface area contributed by atoms with Crippen LogP contribution >= 0.6 is 12.2 Å². The van der Waals surface area contributed by atoms with E-state index in [-0.39, 0.29) is 5.91 Å². The van der Waals surface area contributed by atoms with Gasteiger partial charge in [-0.1, -0.05) is 38.9 Å². The molecule has 2 rings (SSSR count). The lowest BCUT2D eigenvalue weighted by Gasteiger charge is -2.35.